The van der Waals surface area contributed by atoms with Gasteiger partial charge in [-0.2, -0.15) is 5.10 Å². The van der Waals surface area contributed by atoms with Crippen molar-refractivity contribution in [1.29, 1.82) is 0 Å². The van der Waals surface area contributed by atoms with E-state index in [0.717, 1.165) is 17.7 Å². The lowest BCUT2D eigenvalue weighted by Crippen LogP contribution is -2.23. The lowest BCUT2D eigenvalue weighted by Gasteiger charge is -2.05. The maximum absolute atomic E-state index is 11.6. The highest BCUT2D eigenvalue weighted by molar-refractivity contribution is 5.56. The minimum absolute atomic E-state index is 0.105. The highest BCUT2D eigenvalue weighted by Gasteiger charge is 2.02. The van der Waals surface area contributed by atoms with E-state index in [-0.39, 0.29) is 5.56 Å². The van der Waals surface area contributed by atoms with E-state index in [1.54, 1.807) is 18.5 Å². The number of hydrogen-bond acceptors (Lipinski definition) is 4. The second-order valence-electron chi connectivity index (χ2n) is 3.66. The molecule has 2 rings (SSSR count). The number of nitrogens with zero attached hydrogens (tertiary/aromatic N) is 3. The van der Waals surface area contributed by atoms with Crippen LogP contribution in [0.5, 0.6) is 0 Å². The van der Waals surface area contributed by atoms with Gasteiger partial charge < -0.3 is 5.73 Å². The number of hydrogen-bond donors (Lipinski definition) is 1. The summed E-state index contributed by atoms with van der Waals surface area (Å²) in [5.41, 5.74) is 6.96. The number of aromatic nitrogens is 3. The molecule has 0 spiro atoms. The molecular formula is C12H14N4O. The van der Waals surface area contributed by atoms with Crippen molar-refractivity contribution in [3.63, 3.8) is 0 Å². The van der Waals surface area contributed by atoms with Crippen LogP contribution in [0.15, 0.2) is 41.5 Å². The molecule has 0 unspecified atom stereocenters. The van der Waals surface area contributed by atoms with E-state index in [1.807, 2.05) is 12.1 Å². The van der Waals surface area contributed by atoms with Gasteiger partial charge >= 0.3 is 0 Å². The molecule has 17 heavy (non-hydrogen) atoms. The molecule has 0 fully saturated rings. The molecule has 0 aliphatic rings. The van der Waals surface area contributed by atoms with Crippen molar-refractivity contribution in [1.82, 2.24) is 14.8 Å². The molecule has 5 heteroatoms. The predicted molar refractivity (Wildman–Crippen MR) is 65.4 cm³/mol. The van der Waals surface area contributed by atoms with Crippen LogP contribution in [-0.2, 0) is 6.54 Å². The first-order valence-electron chi connectivity index (χ1n) is 5.50. The first kappa shape index (κ1) is 11.5. The van der Waals surface area contributed by atoms with Crippen LogP contribution in [0.25, 0.3) is 11.3 Å². The highest BCUT2D eigenvalue weighted by atomic mass is 16.1. The Kier molecular flexibility index (Phi) is 3.62. The van der Waals surface area contributed by atoms with Gasteiger partial charge in [0.15, 0.2) is 0 Å². The Morgan fingerprint density at radius 2 is 2.18 bits per heavy atom. The molecule has 2 N–H and O–H groups in total. The van der Waals surface area contributed by atoms with Crippen molar-refractivity contribution in [2.45, 2.75) is 13.0 Å². The Bertz CT molecular complexity index is 536. The maximum Gasteiger partial charge on any atom is 0.266 e. The van der Waals surface area contributed by atoms with Crippen LogP contribution >= 0.6 is 0 Å². The Hall–Kier alpha value is -2.01. The standard InChI is InChI=1S/C12H14N4O/c13-6-2-8-16-12(17)5-4-11(15-16)10-3-1-7-14-9-10/h1,3-5,7,9H,2,6,8,13H2. The number of aryl methyl sites for hydroxylation is 1. The zero-order valence-electron chi connectivity index (χ0n) is 9.41. The quantitative estimate of drug-likeness (QED) is 0.837. The summed E-state index contributed by atoms with van der Waals surface area (Å²) in [5.74, 6) is 0. The SMILES string of the molecule is NCCCn1nc(-c2cccnc2)ccc1=O. The topological polar surface area (TPSA) is 73.8 Å². The summed E-state index contributed by atoms with van der Waals surface area (Å²) in [6, 6.07) is 6.98. The van der Waals surface area contributed by atoms with E-state index in [9.17, 15) is 4.79 Å². The summed E-state index contributed by atoms with van der Waals surface area (Å²) in [6.45, 7) is 1.09. The van der Waals surface area contributed by atoms with Crippen LogP contribution in [0.3, 0.4) is 0 Å². The summed E-state index contributed by atoms with van der Waals surface area (Å²) in [7, 11) is 0. The van der Waals surface area contributed by atoms with Crippen molar-refractivity contribution < 1.29 is 0 Å². The molecule has 2 heterocycles. The third kappa shape index (κ3) is 2.76. The second kappa shape index (κ2) is 5.36. The second-order valence-corrected chi connectivity index (χ2v) is 3.66. The summed E-state index contributed by atoms with van der Waals surface area (Å²) in [5, 5.41) is 4.29. The molecule has 0 saturated carbocycles. The van der Waals surface area contributed by atoms with Crippen molar-refractivity contribution in [2.75, 3.05) is 6.54 Å². The van der Waals surface area contributed by atoms with E-state index in [0.29, 0.717) is 13.1 Å². The molecular weight excluding hydrogens is 216 g/mol. The van der Waals surface area contributed by atoms with E-state index >= 15 is 0 Å². The molecule has 5 nitrogen and oxygen atoms in total. The van der Waals surface area contributed by atoms with Gasteiger partial charge in [0, 0.05) is 30.6 Å². The van der Waals surface area contributed by atoms with Gasteiger partial charge in [-0.15, -0.1) is 0 Å². The molecule has 2 aromatic rings. The van der Waals surface area contributed by atoms with E-state index in [4.69, 9.17) is 5.73 Å². The fourth-order valence-electron chi connectivity index (χ4n) is 1.52. The summed E-state index contributed by atoms with van der Waals surface area (Å²) >= 11 is 0. The number of pyridine rings is 1. The van der Waals surface area contributed by atoms with Gasteiger partial charge in [-0.25, -0.2) is 4.68 Å². The first-order chi connectivity index (χ1) is 8.31. The van der Waals surface area contributed by atoms with Gasteiger partial charge in [-0.05, 0) is 31.2 Å². The van der Waals surface area contributed by atoms with Gasteiger partial charge in [-0.3, -0.25) is 9.78 Å². The lowest BCUT2D eigenvalue weighted by atomic mass is 10.2. The fraction of sp³-hybridized carbons (Fsp3) is 0.250. The van der Waals surface area contributed by atoms with Gasteiger partial charge in [0.2, 0.25) is 0 Å². The number of rotatable bonds is 4. The maximum atomic E-state index is 11.6. The van der Waals surface area contributed by atoms with Crippen LogP contribution in [0.2, 0.25) is 0 Å². The van der Waals surface area contributed by atoms with Gasteiger partial charge in [0.25, 0.3) is 5.56 Å². The molecule has 0 atom stereocenters. The summed E-state index contributed by atoms with van der Waals surface area (Å²) in [6.07, 6.45) is 4.16. The molecule has 0 bridgehead atoms. The van der Waals surface area contributed by atoms with Crippen LogP contribution in [-0.4, -0.2) is 21.3 Å². The van der Waals surface area contributed by atoms with Crippen molar-refractivity contribution >= 4 is 0 Å². The summed E-state index contributed by atoms with van der Waals surface area (Å²) < 4.78 is 1.44. The minimum Gasteiger partial charge on any atom is -0.330 e. The van der Waals surface area contributed by atoms with Crippen LogP contribution < -0.4 is 11.3 Å². The molecule has 0 aliphatic carbocycles. The van der Waals surface area contributed by atoms with Gasteiger partial charge in [0.05, 0.1) is 5.69 Å². The monoisotopic (exact) mass is 230 g/mol. The zero-order valence-corrected chi connectivity index (χ0v) is 9.41. The van der Waals surface area contributed by atoms with Crippen LogP contribution in [0, 0.1) is 0 Å². The molecule has 0 radical (unpaired) electrons. The number of nitrogens with two attached hydrogens (primary N) is 1. The van der Waals surface area contributed by atoms with Crippen molar-refractivity contribution in [2.24, 2.45) is 5.73 Å². The Morgan fingerprint density at radius 3 is 2.88 bits per heavy atom. The Balaban J connectivity index is 2.34. The Labute approximate surface area is 98.9 Å². The molecule has 88 valence electrons. The Morgan fingerprint density at radius 1 is 1.29 bits per heavy atom. The summed E-state index contributed by atoms with van der Waals surface area (Å²) in [4.78, 5) is 15.6. The van der Waals surface area contributed by atoms with Crippen molar-refractivity contribution in [3.8, 4) is 11.3 Å². The van der Waals surface area contributed by atoms with Gasteiger partial charge in [-0.1, -0.05) is 0 Å². The van der Waals surface area contributed by atoms with Gasteiger partial charge in [0.1, 0.15) is 0 Å². The third-order valence-corrected chi connectivity index (χ3v) is 2.40. The largest absolute Gasteiger partial charge is 0.330 e. The highest BCUT2D eigenvalue weighted by Crippen LogP contribution is 2.12. The average molecular weight is 230 g/mol. The smallest absolute Gasteiger partial charge is 0.266 e. The molecule has 0 amide bonds. The average Bonchev–Trinajstić information content (AvgIpc) is 2.39. The fourth-order valence-corrected chi connectivity index (χ4v) is 1.52. The minimum atomic E-state index is -0.105. The van der Waals surface area contributed by atoms with E-state index < -0.39 is 0 Å². The molecule has 0 aromatic carbocycles. The van der Waals surface area contributed by atoms with E-state index in [1.165, 1.54) is 10.7 Å². The molecule has 0 saturated heterocycles. The zero-order chi connectivity index (χ0) is 12.1. The van der Waals surface area contributed by atoms with Crippen LogP contribution in [0.4, 0.5) is 0 Å². The molecule has 2 aromatic heterocycles. The van der Waals surface area contributed by atoms with Crippen molar-refractivity contribution in [3.05, 3.63) is 47.0 Å². The first-order valence-corrected chi connectivity index (χ1v) is 5.50. The van der Waals surface area contributed by atoms with Crippen LogP contribution in [0.1, 0.15) is 6.42 Å². The lowest BCUT2D eigenvalue weighted by molar-refractivity contribution is 0.556. The third-order valence-electron chi connectivity index (χ3n) is 2.40. The van der Waals surface area contributed by atoms with E-state index in [2.05, 4.69) is 10.1 Å². The predicted octanol–water partition coefficient (Wildman–Crippen LogP) is 0.654. The molecule has 0 aliphatic heterocycles. The normalized spacial score (nSPS) is 10.4.